The van der Waals surface area contributed by atoms with E-state index < -0.39 is 10.0 Å². The number of carbonyl (C=O) groups excluding carboxylic acids is 1. The van der Waals surface area contributed by atoms with Crippen molar-refractivity contribution in [2.45, 2.75) is 32.7 Å². The molecule has 1 atom stereocenters. The molecule has 2 heterocycles. The van der Waals surface area contributed by atoms with Crippen molar-refractivity contribution in [3.05, 3.63) is 17.8 Å². The topological polar surface area (TPSA) is 109 Å². The molecule has 1 unspecified atom stereocenters. The molecule has 0 spiro atoms. The molecule has 1 aromatic heterocycles. The fraction of sp³-hybridized carbons (Fsp3) is 0.571. The fourth-order valence-electron chi connectivity index (χ4n) is 2.70. The van der Waals surface area contributed by atoms with Crippen molar-refractivity contribution in [2.24, 2.45) is 11.1 Å². The maximum absolute atomic E-state index is 12.2. The zero-order chi connectivity index (χ0) is 16.7. The highest BCUT2D eigenvalue weighted by molar-refractivity contribution is 7.89. The summed E-state index contributed by atoms with van der Waals surface area (Å²) in [6.45, 7) is 6.21. The van der Waals surface area contributed by atoms with Gasteiger partial charge in [-0.3, -0.25) is 9.69 Å². The predicted octanol–water partition coefficient (Wildman–Crippen LogP) is 0.756. The zero-order valence-electron chi connectivity index (χ0n) is 12.9. The molecule has 22 heavy (non-hydrogen) atoms. The van der Waals surface area contributed by atoms with E-state index >= 15 is 0 Å². The molecule has 0 radical (unpaired) electrons. The Kier molecular flexibility index (Phi) is 4.06. The van der Waals surface area contributed by atoms with Crippen LogP contribution in [0.2, 0.25) is 0 Å². The van der Waals surface area contributed by atoms with Gasteiger partial charge in [-0.25, -0.2) is 13.6 Å². The Balaban J connectivity index is 2.35. The number of primary sulfonamides is 1. The first-order valence-electron chi connectivity index (χ1n) is 6.95. The SMILES string of the molecule is CC(C)(C)n1cc(C#N)cc1N1CC(CS(N)(=O)=O)CC1=O. The molecular formula is C14H20N4O3S. The minimum atomic E-state index is -3.61. The second kappa shape index (κ2) is 5.41. The lowest BCUT2D eigenvalue weighted by molar-refractivity contribution is -0.117. The number of aromatic nitrogens is 1. The van der Waals surface area contributed by atoms with Gasteiger partial charge in [0, 0.05) is 30.6 Å². The van der Waals surface area contributed by atoms with Crippen LogP contribution in [0.5, 0.6) is 0 Å². The van der Waals surface area contributed by atoms with E-state index in [1.165, 1.54) is 0 Å². The predicted molar refractivity (Wildman–Crippen MR) is 82.6 cm³/mol. The van der Waals surface area contributed by atoms with E-state index in [9.17, 15) is 13.2 Å². The van der Waals surface area contributed by atoms with Gasteiger partial charge in [-0.1, -0.05) is 0 Å². The van der Waals surface area contributed by atoms with E-state index in [0.717, 1.165) is 0 Å². The minimum absolute atomic E-state index is 0.146. The van der Waals surface area contributed by atoms with E-state index in [0.29, 0.717) is 17.9 Å². The number of sulfonamides is 1. The van der Waals surface area contributed by atoms with Gasteiger partial charge in [0.1, 0.15) is 11.9 Å². The Morgan fingerprint density at radius 3 is 2.59 bits per heavy atom. The molecule has 7 nitrogen and oxygen atoms in total. The number of hydrogen-bond donors (Lipinski definition) is 1. The molecule has 1 fully saturated rings. The molecule has 2 N–H and O–H groups in total. The largest absolute Gasteiger partial charge is 0.328 e. The summed E-state index contributed by atoms with van der Waals surface area (Å²) in [5.41, 5.74) is 0.163. The summed E-state index contributed by atoms with van der Waals surface area (Å²) in [5.74, 6) is -0.0691. The quantitative estimate of drug-likeness (QED) is 0.885. The molecule has 0 aliphatic carbocycles. The number of carbonyl (C=O) groups is 1. The van der Waals surface area contributed by atoms with Gasteiger partial charge in [0.05, 0.1) is 11.3 Å². The number of rotatable bonds is 3. The van der Waals surface area contributed by atoms with Crippen LogP contribution in [0.15, 0.2) is 12.3 Å². The fourth-order valence-corrected chi connectivity index (χ4v) is 3.58. The summed E-state index contributed by atoms with van der Waals surface area (Å²) in [6, 6.07) is 3.73. The average molecular weight is 324 g/mol. The molecule has 1 aromatic rings. The molecule has 120 valence electrons. The standard InChI is InChI=1S/C14H20N4O3S/c1-14(2,3)18-8-10(6-15)4-12(18)17-7-11(5-13(17)19)9-22(16,20)21/h4,8,11H,5,7,9H2,1-3H3,(H2,16,20,21). The lowest BCUT2D eigenvalue weighted by Crippen LogP contribution is -2.32. The molecule has 1 saturated heterocycles. The first-order valence-corrected chi connectivity index (χ1v) is 8.66. The van der Waals surface area contributed by atoms with Gasteiger partial charge in [0.15, 0.2) is 0 Å². The number of nitriles is 1. The molecule has 1 aliphatic rings. The second-order valence-corrected chi connectivity index (χ2v) is 8.30. The van der Waals surface area contributed by atoms with E-state index in [-0.39, 0.29) is 29.5 Å². The Morgan fingerprint density at radius 1 is 1.45 bits per heavy atom. The van der Waals surface area contributed by atoms with Crippen LogP contribution >= 0.6 is 0 Å². The van der Waals surface area contributed by atoms with Crippen LogP contribution in [0.4, 0.5) is 5.82 Å². The van der Waals surface area contributed by atoms with Gasteiger partial charge in [-0.15, -0.1) is 0 Å². The van der Waals surface area contributed by atoms with Gasteiger partial charge < -0.3 is 4.57 Å². The molecule has 0 saturated carbocycles. The van der Waals surface area contributed by atoms with Crippen LogP contribution in [0, 0.1) is 17.2 Å². The van der Waals surface area contributed by atoms with Crippen LogP contribution in [0.1, 0.15) is 32.8 Å². The van der Waals surface area contributed by atoms with E-state index in [1.807, 2.05) is 25.3 Å². The van der Waals surface area contributed by atoms with E-state index in [2.05, 4.69) is 6.07 Å². The van der Waals surface area contributed by atoms with Crippen molar-refractivity contribution in [1.29, 1.82) is 5.26 Å². The van der Waals surface area contributed by atoms with Crippen molar-refractivity contribution in [3.8, 4) is 6.07 Å². The lowest BCUT2D eigenvalue weighted by atomic mass is 10.1. The smallest absolute Gasteiger partial charge is 0.228 e. The van der Waals surface area contributed by atoms with Crippen molar-refractivity contribution in [3.63, 3.8) is 0 Å². The zero-order valence-corrected chi connectivity index (χ0v) is 13.7. The summed E-state index contributed by atoms with van der Waals surface area (Å²) in [6.07, 6.45) is 1.85. The van der Waals surface area contributed by atoms with Gasteiger partial charge in [-0.2, -0.15) is 5.26 Å². The third-order valence-corrected chi connectivity index (χ3v) is 4.54. The Morgan fingerprint density at radius 2 is 2.09 bits per heavy atom. The molecule has 1 amide bonds. The maximum Gasteiger partial charge on any atom is 0.228 e. The van der Waals surface area contributed by atoms with Crippen LogP contribution in [-0.2, 0) is 20.4 Å². The molecule has 0 aromatic carbocycles. The molecule has 8 heteroatoms. The summed E-state index contributed by atoms with van der Waals surface area (Å²) >= 11 is 0. The van der Waals surface area contributed by atoms with E-state index in [4.69, 9.17) is 10.4 Å². The maximum atomic E-state index is 12.2. The van der Waals surface area contributed by atoms with Gasteiger partial charge >= 0.3 is 0 Å². The monoisotopic (exact) mass is 324 g/mol. The second-order valence-electron chi connectivity index (χ2n) is 6.64. The average Bonchev–Trinajstić information content (AvgIpc) is 2.89. The first-order chi connectivity index (χ1) is 10.0. The highest BCUT2D eigenvalue weighted by atomic mass is 32.2. The summed E-state index contributed by atoms with van der Waals surface area (Å²) in [4.78, 5) is 13.8. The van der Waals surface area contributed by atoms with E-state index in [1.54, 1.807) is 17.2 Å². The lowest BCUT2D eigenvalue weighted by Gasteiger charge is -2.28. The van der Waals surface area contributed by atoms with Crippen LogP contribution < -0.4 is 10.0 Å². The molecule has 0 bridgehead atoms. The summed E-state index contributed by atoms with van der Waals surface area (Å²) in [7, 11) is -3.61. The van der Waals surface area contributed by atoms with Crippen molar-refractivity contribution in [2.75, 3.05) is 17.2 Å². The van der Waals surface area contributed by atoms with Crippen molar-refractivity contribution >= 4 is 21.7 Å². The normalized spacial score (nSPS) is 19.5. The van der Waals surface area contributed by atoms with Crippen LogP contribution in [0.3, 0.4) is 0 Å². The summed E-state index contributed by atoms with van der Waals surface area (Å²) < 4.78 is 24.3. The van der Waals surface area contributed by atoms with Crippen molar-refractivity contribution in [1.82, 2.24) is 4.57 Å². The Bertz CT molecular complexity index is 737. The van der Waals surface area contributed by atoms with Gasteiger partial charge in [0.2, 0.25) is 15.9 Å². The molecular weight excluding hydrogens is 304 g/mol. The highest BCUT2D eigenvalue weighted by Gasteiger charge is 2.35. The summed E-state index contributed by atoms with van der Waals surface area (Å²) in [5, 5.41) is 14.2. The Labute approximate surface area is 130 Å². The third-order valence-electron chi connectivity index (χ3n) is 3.60. The van der Waals surface area contributed by atoms with Crippen LogP contribution in [0.25, 0.3) is 0 Å². The Hall–Kier alpha value is -1.85. The van der Waals surface area contributed by atoms with Gasteiger partial charge in [-0.05, 0) is 26.8 Å². The molecule has 1 aliphatic heterocycles. The van der Waals surface area contributed by atoms with Crippen molar-refractivity contribution < 1.29 is 13.2 Å². The number of amides is 1. The highest BCUT2D eigenvalue weighted by Crippen LogP contribution is 2.31. The number of nitrogens with two attached hydrogens (primary N) is 1. The minimum Gasteiger partial charge on any atom is -0.328 e. The first kappa shape index (κ1) is 16.5. The number of hydrogen-bond acceptors (Lipinski definition) is 4. The van der Waals surface area contributed by atoms with Crippen LogP contribution in [-0.4, -0.2) is 31.2 Å². The number of anilines is 1. The van der Waals surface area contributed by atoms with Gasteiger partial charge in [0.25, 0.3) is 0 Å². The molecule has 2 rings (SSSR count). The third kappa shape index (κ3) is 3.48. The number of nitrogens with zero attached hydrogens (tertiary/aromatic N) is 3.